The van der Waals surface area contributed by atoms with Gasteiger partial charge >= 0.3 is 0 Å². The van der Waals surface area contributed by atoms with Crippen LogP contribution in [-0.2, 0) is 6.54 Å². The van der Waals surface area contributed by atoms with Gasteiger partial charge in [-0.3, -0.25) is 0 Å². The maximum Gasteiger partial charge on any atom is 0.146 e. The summed E-state index contributed by atoms with van der Waals surface area (Å²) >= 11 is 1.46. The van der Waals surface area contributed by atoms with Gasteiger partial charge in [-0.2, -0.15) is 0 Å². The first kappa shape index (κ1) is 12.3. The summed E-state index contributed by atoms with van der Waals surface area (Å²) in [5.41, 5.74) is 0. The fourth-order valence-electron chi connectivity index (χ4n) is 2.13. The number of benzene rings is 1. The molecule has 2 heterocycles. The van der Waals surface area contributed by atoms with E-state index in [2.05, 4.69) is 4.98 Å². The Morgan fingerprint density at radius 3 is 3.05 bits per heavy atom. The molecule has 0 saturated heterocycles. The number of aliphatic hydroxyl groups is 1. The van der Waals surface area contributed by atoms with Crippen LogP contribution >= 0.6 is 11.3 Å². The van der Waals surface area contributed by atoms with E-state index in [1.165, 1.54) is 23.5 Å². The van der Waals surface area contributed by atoms with Gasteiger partial charge in [-0.1, -0.05) is 0 Å². The maximum atomic E-state index is 13.2. The molecule has 98 valence electrons. The molecule has 0 aliphatic rings. The monoisotopic (exact) mass is 276 g/mol. The van der Waals surface area contributed by atoms with E-state index >= 15 is 0 Å². The molecule has 0 saturated carbocycles. The molecule has 1 aromatic carbocycles. The van der Waals surface area contributed by atoms with E-state index in [0.717, 1.165) is 21.5 Å². The first-order chi connectivity index (χ1) is 9.19. The van der Waals surface area contributed by atoms with Crippen LogP contribution < -0.4 is 0 Å². The Labute approximate surface area is 114 Å². The summed E-state index contributed by atoms with van der Waals surface area (Å²) in [4.78, 5) is 4.98. The third kappa shape index (κ3) is 2.15. The van der Waals surface area contributed by atoms with E-state index in [1.807, 2.05) is 23.8 Å². The number of aryl methyl sites for hydroxylation is 1. The number of fused-ring (bicyclic) bond motifs is 1. The van der Waals surface area contributed by atoms with E-state index < -0.39 is 6.10 Å². The molecule has 0 fully saturated rings. The van der Waals surface area contributed by atoms with Crippen LogP contribution in [0.5, 0.6) is 0 Å². The van der Waals surface area contributed by atoms with Gasteiger partial charge in [0.25, 0.3) is 0 Å². The van der Waals surface area contributed by atoms with Crippen LogP contribution in [0.15, 0.2) is 36.7 Å². The van der Waals surface area contributed by atoms with Crippen LogP contribution in [0, 0.1) is 5.82 Å². The number of nitrogens with zero attached hydrogens (tertiary/aromatic N) is 2. The molecule has 1 atom stereocenters. The predicted molar refractivity (Wildman–Crippen MR) is 73.7 cm³/mol. The number of rotatable bonds is 3. The minimum atomic E-state index is -0.768. The largest absolute Gasteiger partial charge is 0.380 e. The molecule has 1 N–H and O–H groups in total. The van der Waals surface area contributed by atoms with Crippen molar-refractivity contribution in [2.24, 2.45) is 0 Å². The Balaban J connectivity index is 2.04. The number of aliphatic hydroxyl groups excluding tert-OH is 1. The highest BCUT2D eigenvalue weighted by Crippen LogP contribution is 2.32. The van der Waals surface area contributed by atoms with E-state index in [1.54, 1.807) is 12.3 Å². The number of imidazole rings is 1. The van der Waals surface area contributed by atoms with Crippen LogP contribution in [0.2, 0.25) is 0 Å². The normalized spacial score (nSPS) is 13.0. The molecule has 1 unspecified atom stereocenters. The van der Waals surface area contributed by atoms with Crippen molar-refractivity contribution in [2.75, 3.05) is 0 Å². The zero-order valence-electron chi connectivity index (χ0n) is 10.4. The number of thiophene rings is 1. The van der Waals surface area contributed by atoms with Crippen molar-refractivity contribution < 1.29 is 9.50 Å². The lowest BCUT2D eigenvalue weighted by molar-refractivity contribution is 0.208. The van der Waals surface area contributed by atoms with Crippen molar-refractivity contribution in [1.29, 1.82) is 0 Å². The number of hydrogen-bond acceptors (Lipinski definition) is 3. The number of hydrogen-bond donors (Lipinski definition) is 1. The van der Waals surface area contributed by atoms with Crippen LogP contribution in [0.25, 0.3) is 10.1 Å². The van der Waals surface area contributed by atoms with Crippen molar-refractivity contribution in [3.05, 3.63) is 53.2 Å². The van der Waals surface area contributed by atoms with E-state index in [4.69, 9.17) is 0 Å². The van der Waals surface area contributed by atoms with Crippen molar-refractivity contribution in [3.63, 3.8) is 0 Å². The average molecular weight is 276 g/mol. The Kier molecular flexibility index (Phi) is 3.08. The first-order valence-corrected chi connectivity index (χ1v) is 6.88. The maximum absolute atomic E-state index is 13.2. The van der Waals surface area contributed by atoms with Crippen LogP contribution in [0.4, 0.5) is 4.39 Å². The van der Waals surface area contributed by atoms with Gasteiger partial charge in [0.2, 0.25) is 0 Å². The molecule has 0 radical (unpaired) electrons. The smallest absolute Gasteiger partial charge is 0.146 e. The molecule has 0 bridgehead atoms. The van der Waals surface area contributed by atoms with Crippen molar-refractivity contribution in [2.45, 2.75) is 19.6 Å². The molecule has 2 aromatic heterocycles. The summed E-state index contributed by atoms with van der Waals surface area (Å²) in [6.07, 6.45) is 2.75. The zero-order valence-corrected chi connectivity index (χ0v) is 11.2. The SMILES string of the molecule is CCn1ccnc1C(O)c1cc2cc(F)ccc2s1. The Hall–Kier alpha value is -1.72. The zero-order chi connectivity index (χ0) is 13.4. The number of aromatic nitrogens is 2. The van der Waals surface area contributed by atoms with Crippen molar-refractivity contribution >= 4 is 21.4 Å². The summed E-state index contributed by atoms with van der Waals surface area (Å²) < 4.78 is 16.0. The predicted octanol–water partition coefficient (Wildman–Crippen LogP) is 3.34. The second-order valence-corrected chi connectivity index (χ2v) is 5.42. The molecule has 3 rings (SSSR count). The highest BCUT2D eigenvalue weighted by atomic mass is 32.1. The lowest BCUT2D eigenvalue weighted by atomic mass is 10.2. The van der Waals surface area contributed by atoms with Gasteiger partial charge in [-0.05, 0) is 36.6 Å². The average Bonchev–Trinajstić information content (AvgIpc) is 3.03. The van der Waals surface area contributed by atoms with E-state index in [9.17, 15) is 9.50 Å². The summed E-state index contributed by atoms with van der Waals surface area (Å²) in [5.74, 6) is 0.357. The summed E-state index contributed by atoms with van der Waals surface area (Å²) in [6, 6.07) is 6.47. The highest BCUT2D eigenvalue weighted by molar-refractivity contribution is 7.19. The topological polar surface area (TPSA) is 38.0 Å². The summed E-state index contributed by atoms with van der Waals surface area (Å²) in [5, 5.41) is 11.2. The van der Waals surface area contributed by atoms with Gasteiger partial charge in [-0.15, -0.1) is 11.3 Å². The molecule has 3 aromatic rings. The molecule has 0 aliphatic heterocycles. The van der Waals surface area contributed by atoms with E-state index in [-0.39, 0.29) is 5.82 Å². The molecule has 5 heteroatoms. The van der Waals surface area contributed by atoms with Crippen LogP contribution in [0.3, 0.4) is 0 Å². The van der Waals surface area contributed by atoms with Gasteiger partial charge in [0.05, 0.1) is 0 Å². The summed E-state index contributed by atoms with van der Waals surface area (Å²) in [7, 11) is 0. The third-order valence-corrected chi connectivity index (χ3v) is 4.27. The quantitative estimate of drug-likeness (QED) is 0.796. The first-order valence-electron chi connectivity index (χ1n) is 6.07. The fourth-order valence-corrected chi connectivity index (χ4v) is 3.16. The van der Waals surface area contributed by atoms with Crippen LogP contribution in [0.1, 0.15) is 23.7 Å². The number of halogens is 1. The third-order valence-electron chi connectivity index (χ3n) is 3.10. The molecular formula is C14H13FN2OS. The molecule has 0 spiro atoms. The molecule has 0 aliphatic carbocycles. The second kappa shape index (κ2) is 4.75. The molecule has 0 amide bonds. The molecule has 3 nitrogen and oxygen atoms in total. The van der Waals surface area contributed by atoms with E-state index in [0.29, 0.717) is 5.82 Å². The summed E-state index contributed by atoms with van der Waals surface area (Å²) in [6.45, 7) is 2.75. The Morgan fingerprint density at radius 1 is 1.42 bits per heavy atom. The van der Waals surface area contributed by atoms with Gasteiger partial charge in [0.15, 0.2) is 0 Å². The van der Waals surface area contributed by atoms with Gasteiger partial charge in [-0.25, -0.2) is 9.37 Å². The molecular weight excluding hydrogens is 263 g/mol. The van der Waals surface area contributed by atoms with Gasteiger partial charge in [0, 0.05) is 28.5 Å². The minimum Gasteiger partial charge on any atom is -0.380 e. The minimum absolute atomic E-state index is 0.263. The van der Waals surface area contributed by atoms with Crippen LogP contribution in [-0.4, -0.2) is 14.7 Å². The highest BCUT2D eigenvalue weighted by Gasteiger charge is 2.18. The van der Waals surface area contributed by atoms with Crippen molar-refractivity contribution in [1.82, 2.24) is 9.55 Å². The second-order valence-electron chi connectivity index (χ2n) is 4.30. The standard InChI is InChI=1S/C14H13FN2OS/c1-2-17-6-5-16-14(17)13(18)12-8-9-7-10(15)3-4-11(9)19-12/h3-8,13,18H,2H2,1H3. The lowest BCUT2D eigenvalue weighted by Crippen LogP contribution is -2.07. The Bertz CT molecular complexity index is 719. The molecule has 19 heavy (non-hydrogen) atoms. The van der Waals surface area contributed by atoms with Crippen molar-refractivity contribution in [3.8, 4) is 0 Å². The fraction of sp³-hybridized carbons (Fsp3) is 0.214. The lowest BCUT2D eigenvalue weighted by Gasteiger charge is -2.09. The Morgan fingerprint density at radius 2 is 2.26 bits per heavy atom. The van der Waals surface area contributed by atoms with Gasteiger partial charge < -0.3 is 9.67 Å². The van der Waals surface area contributed by atoms with Gasteiger partial charge in [0.1, 0.15) is 17.7 Å².